The number of aromatic nitrogens is 3. The van der Waals surface area contributed by atoms with Crippen molar-refractivity contribution in [1.82, 2.24) is 15.0 Å². The molecule has 4 unspecified atom stereocenters. The summed E-state index contributed by atoms with van der Waals surface area (Å²) in [5, 5.41) is 8.63. The van der Waals surface area contributed by atoms with E-state index in [0.717, 1.165) is 23.9 Å². The Balaban J connectivity index is 1.42. The minimum absolute atomic E-state index is 0.0116. The van der Waals surface area contributed by atoms with Gasteiger partial charge < -0.3 is 24.0 Å². The molecule has 0 amide bonds. The van der Waals surface area contributed by atoms with E-state index in [4.69, 9.17) is 41.9 Å². The van der Waals surface area contributed by atoms with E-state index in [-0.39, 0.29) is 22.9 Å². The van der Waals surface area contributed by atoms with Gasteiger partial charge in [-0.05, 0) is 30.3 Å². The second kappa shape index (κ2) is 12.7. The van der Waals surface area contributed by atoms with Gasteiger partial charge in [-0.3, -0.25) is 4.52 Å². The summed E-state index contributed by atoms with van der Waals surface area (Å²) in [5.74, 6) is -4.51. The number of fused-ring (bicyclic) bond motifs is 1. The number of rotatable bonds is 7. The SMILES string of the molecule is O=P(O)(O)OC1C(n2cc(-c3cc(F)c(F)c(F)c3)nn2)[C@H]2OC(c3ccccc3)OCC2O[C@@H]1Sc1ccc(Cl)c(Cl)c1. The molecule has 3 aromatic carbocycles. The number of halogens is 5. The van der Waals surface area contributed by atoms with Crippen LogP contribution in [0, 0.1) is 17.5 Å². The number of thioether (sulfide) groups is 1. The standard InChI is InChI=1S/C27H21Cl2F3N3O7PS/c28-16-7-6-15(10-17(16)29)44-27-25(42-43(36,37)38)23(24-21(40-27)12-39-26(41-24)13-4-2-1-3-5-13)35-11-20(33-34-35)14-8-18(30)22(32)19(31)9-14/h1-11,21,23-27H,12H2,(H2,36,37,38)/t21?,23?,24-,25?,26?,27+/m0/s1. The van der Waals surface area contributed by atoms with Crippen molar-refractivity contribution in [1.29, 1.82) is 0 Å². The Morgan fingerprint density at radius 3 is 2.41 bits per heavy atom. The first-order valence-corrected chi connectivity index (χ1v) is 16.0. The van der Waals surface area contributed by atoms with E-state index in [1.807, 2.05) is 6.07 Å². The van der Waals surface area contributed by atoms with Crippen LogP contribution in [-0.2, 0) is 23.3 Å². The summed E-state index contributed by atoms with van der Waals surface area (Å²) in [7, 11) is -5.17. The maximum atomic E-state index is 14.0. The predicted molar refractivity (Wildman–Crippen MR) is 152 cm³/mol. The highest BCUT2D eigenvalue weighted by molar-refractivity contribution is 7.99. The van der Waals surface area contributed by atoms with Crippen LogP contribution in [0.5, 0.6) is 0 Å². The monoisotopic (exact) mass is 689 g/mol. The second-order valence-electron chi connectivity index (χ2n) is 9.80. The molecule has 0 radical (unpaired) electrons. The van der Waals surface area contributed by atoms with Crippen molar-refractivity contribution in [2.75, 3.05) is 6.61 Å². The summed E-state index contributed by atoms with van der Waals surface area (Å²) in [5.41, 5.74) is -0.609. The van der Waals surface area contributed by atoms with Crippen molar-refractivity contribution in [3.05, 3.63) is 99.9 Å². The lowest BCUT2D eigenvalue weighted by atomic mass is 9.96. The van der Waals surface area contributed by atoms with Gasteiger partial charge in [0.2, 0.25) is 0 Å². The molecule has 2 aliphatic heterocycles. The summed E-state index contributed by atoms with van der Waals surface area (Å²) in [6.45, 7) is 0.0116. The molecule has 0 spiro atoms. The molecular weight excluding hydrogens is 669 g/mol. The predicted octanol–water partition coefficient (Wildman–Crippen LogP) is 6.32. The van der Waals surface area contributed by atoms with Crippen LogP contribution < -0.4 is 0 Å². The number of ether oxygens (including phenoxy) is 3. The number of phosphoric acid groups is 1. The Bertz CT molecular complexity index is 1700. The van der Waals surface area contributed by atoms with Crippen LogP contribution in [0.15, 0.2) is 71.8 Å². The van der Waals surface area contributed by atoms with Gasteiger partial charge in [-0.2, -0.15) is 0 Å². The summed E-state index contributed by atoms with van der Waals surface area (Å²) < 4.78 is 79.0. The molecule has 2 aliphatic rings. The minimum atomic E-state index is -5.17. The molecule has 44 heavy (non-hydrogen) atoms. The van der Waals surface area contributed by atoms with E-state index < -0.39 is 61.4 Å². The highest BCUT2D eigenvalue weighted by Crippen LogP contribution is 2.50. The smallest absolute Gasteiger partial charge is 0.356 e. The number of nitrogens with zero attached hydrogens (tertiary/aromatic N) is 3. The third-order valence-electron chi connectivity index (χ3n) is 6.88. The Hall–Kier alpha value is -2.49. The lowest BCUT2D eigenvalue weighted by molar-refractivity contribution is -0.305. The molecule has 6 rings (SSSR count). The lowest BCUT2D eigenvalue weighted by Gasteiger charge is -2.48. The van der Waals surface area contributed by atoms with Gasteiger partial charge in [0.25, 0.3) is 0 Å². The van der Waals surface area contributed by atoms with E-state index in [9.17, 15) is 27.5 Å². The molecule has 2 fully saturated rings. The summed E-state index contributed by atoms with van der Waals surface area (Å²) in [6.07, 6.45) is -2.83. The van der Waals surface area contributed by atoms with E-state index in [1.165, 1.54) is 10.9 Å². The molecule has 4 aromatic rings. The third kappa shape index (κ3) is 6.70. The van der Waals surface area contributed by atoms with Gasteiger partial charge in [0, 0.05) is 16.0 Å². The molecule has 10 nitrogen and oxygen atoms in total. The highest BCUT2D eigenvalue weighted by Gasteiger charge is 2.54. The van der Waals surface area contributed by atoms with E-state index in [1.54, 1.807) is 42.5 Å². The third-order valence-corrected chi connectivity index (χ3v) is 9.27. The quantitative estimate of drug-likeness (QED) is 0.168. The normalized spacial score (nSPS) is 25.5. The molecule has 1 aromatic heterocycles. The summed E-state index contributed by atoms with van der Waals surface area (Å²) in [6, 6.07) is 14.1. The highest BCUT2D eigenvalue weighted by atomic mass is 35.5. The molecule has 2 saturated heterocycles. The van der Waals surface area contributed by atoms with Crippen molar-refractivity contribution in [3.63, 3.8) is 0 Å². The van der Waals surface area contributed by atoms with Crippen LogP contribution in [0.1, 0.15) is 17.9 Å². The Kier molecular flexibility index (Phi) is 9.10. The Morgan fingerprint density at radius 2 is 1.73 bits per heavy atom. The fourth-order valence-corrected chi connectivity index (χ4v) is 7.10. The fourth-order valence-electron chi connectivity index (χ4n) is 4.96. The zero-order valence-electron chi connectivity index (χ0n) is 22.0. The fraction of sp³-hybridized carbons (Fsp3) is 0.259. The number of benzene rings is 3. The van der Waals surface area contributed by atoms with Crippen molar-refractivity contribution >= 4 is 42.8 Å². The number of phosphoric ester groups is 1. The first kappa shape index (κ1) is 31.5. The molecule has 0 bridgehead atoms. The molecular formula is C27H21Cl2F3N3O7PS. The van der Waals surface area contributed by atoms with E-state index >= 15 is 0 Å². The maximum Gasteiger partial charge on any atom is 0.470 e. The average molecular weight is 690 g/mol. The molecule has 2 N–H and O–H groups in total. The van der Waals surface area contributed by atoms with Gasteiger partial charge in [0.1, 0.15) is 35.5 Å². The van der Waals surface area contributed by atoms with Gasteiger partial charge in [-0.15, -0.1) is 5.10 Å². The first-order valence-electron chi connectivity index (χ1n) is 12.9. The van der Waals surface area contributed by atoms with Crippen LogP contribution in [-0.4, -0.2) is 55.1 Å². The summed E-state index contributed by atoms with van der Waals surface area (Å²) in [4.78, 5) is 20.4. The first-order chi connectivity index (χ1) is 21.0. The molecule has 17 heteroatoms. The van der Waals surface area contributed by atoms with Gasteiger partial charge in [-0.1, -0.05) is 70.5 Å². The van der Waals surface area contributed by atoms with Gasteiger partial charge in [-0.25, -0.2) is 22.4 Å². The largest absolute Gasteiger partial charge is 0.470 e. The van der Waals surface area contributed by atoms with Crippen molar-refractivity contribution in [2.24, 2.45) is 0 Å². The maximum absolute atomic E-state index is 14.0. The average Bonchev–Trinajstić information content (AvgIpc) is 3.47. The molecule has 232 valence electrons. The molecule has 3 heterocycles. The van der Waals surface area contributed by atoms with Crippen LogP contribution in [0.4, 0.5) is 13.2 Å². The van der Waals surface area contributed by atoms with Gasteiger partial charge >= 0.3 is 7.82 Å². The van der Waals surface area contributed by atoms with E-state index in [0.29, 0.717) is 15.5 Å². The minimum Gasteiger partial charge on any atom is -0.356 e. The topological polar surface area (TPSA) is 125 Å². The van der Waals surface area contributed by atoms with Crippen molar-refractivity contribution in [2.45, 2.75) is 41.0 Å². The van der Waals surface area contributed by atoms with E-state index in [2.05, 4.69) is 10.3 Å². The zero-order valence-corrected chi connectivity index (χ0v) is 25.3. The second-order valence-corrected chi connectivity index (χ2v) is 13.0. The molecule has 6 atom stereocenters. The van der Waals surface area contributed by atoms with Crippen molar-refractivity contribution < 1.29 is 46.3 Å². The zero-order chi connectivity index (χ0) is 31.2. The number of hydrogen-bond acceptors (Lipinski definition) is 8. The van der Waals surface area contributed by atoms with Crippen LogP contribution in [0.25, 0.3) is 11.3 Å². The summed E-state index contributed by atoms with van der Waals surface area (Å²) >= 11 is 13.3. The molecule has 0 saturated carbocycles. The Morgan fingerprint density at radius 1 is 1.00 bits per heavy atom. The van der Waals surface area contributed by atoms with Gasteiger partial charge in [0.15, 0.2) is 23.7 Å². The Labute approximate surface area is 262 Å². The van der Waals surface area contributed by atoms with Crippen LogP contribution in [0.2, 0.25) is 10.0 Å². The van der Waals surface area contributed by atoms with Gasteiger partial charge in [0.05, 0.1) is 22.8 Å². The van der Waals surface area contributed by atoms with Crippen LogP contribution >= 0.6 is 42.8 Å². The van der Waals surface area contributed by atoms with Crippen LogP contribution in [0.3, 0.4) is 0 Å². The number of hydrogen-bond donors (Lipinski definition) is 2. The molecule has 0 aliphatic carbocycles. The lowest BCUT2D eigenvalue weighted by Crippen LogP contribution is -2.59. The van der Waals surface area contributed by atoms with Crippen molar-refractivity contribution in [3.8, 4) is 11.3 Å².